The number of aromatic nitrogens is 2. The summed E-state index contributed by atoms with van der Waals surface area (Å²) in [4.78, 5) is 8.39. The number of aliphatic hydroxyl groups is 1. The van der Waals surface area contributed by atoms with Crippen molar-refractivity contribution in [2.24, 2.45) is 0 Å². The number of aliphatic hydroxyl groups excluding tert-OH is 1. The second kappa shape index (κ2) is 5.49. The van der Waals surface area contributed by atoms with Crippen LogP contribution in [0.15, 0.2) is 22.7 Å². The molecule has 0 fully saturated rings. The van der Waals surface area contributed by atoms with Crippen LogP contribution >= 0.6 is 15.9 Å². The molecule has 0 spiro atoms. The fourth-order valence-corrected chi connectivity index (χ4v) is 2.05. The van der Waals surface area contributed by atoms with Gasteiger partial charge >= 0.3 is 0 Å². The van der Waals surface area contributed by atoms with Crippen molar-refractivity contribution in [1.82, 2.24) is 9.97 Å². The van der Waals surface area contributed by atoms with E-state index in [0.29, 0.717) is 5.82 Å². The summed E-state index contributed by atoms with van der Waals surface area (Å²) in [5.41, 5.74) is 6.46. The van der Waals surface area contributed by atoms with Gasteiger partial charge in [-0.05, 0) is 24.6 Å². The van der Waals surface area contributed by atoms with E-state index in [2.05, 4.69) is 31.2 Å². The molecule has 0 radical (unpaired) electrons. The molecule has 6 heteroatoms. The van der Waals surface area contributed by atoms with E-state index in [1.54, 1.807) is 0 Å². The normalized spacial score (nSPS) is 12.6. The zero-order chi connectivity index (χ0) is 13.1. The van der Waals surface area contributed by atoms with Gasteiger partial charge in [0.05, 0.1) is 18.2 Å². The molecule has 1 atom stereocenters. The van der Waals surface area contributed by atoms with Crippen LogP contribution in [0.4, 0.5) is 11.8 Å². The lowest BCUT2D eigenvalue weighted by atomic mass is 10.2. The molecule has 0 saturated carbocycles. The largest absolute Gasteiger partial charge is 0.394 e. The number of nitrogens with zero attached hydrogens (tertiary/aromatic N) is 2. The minimum absolute atomic E-state index is 0.0360. The Labute approximate surface area is 114 Å². The molecule has 0 saturated heterocycles. The summed E-state index contributed by atoms with van der Waals surface area (Å²) in [5, 5.41) is 13.3. The number of nitrogens with two attached hydrogens (primary N) is 1. The monoisotopic (exact) mass is 310 g/mol. The van der Waals surface area contributed by atoms with Crippen molar-refractivity contribution >= 4 is 38.6 Å². The third kappa shape index (κ3) is 2.70. The highest BCUT2D eigenvalue weighted by Crippen LogP contribution is 2.25. The lowest BCUT2D eigenvalue weighted by Gasteiger charge is -2.16. The van der Waals surface area contributed by atoms with Gasteiger partial charge in [0.1, 0.15) is 5.82 Å². The molecule has 2 rings (SSSR count). The number of hydrogen-bond donors (Lipinski definition) is 3. The molecule has 1 heterocycles. The average molecular weight is 311 g/mol. The molecular weight excluding hydrogens is 296 g/mol. The third-order valence-corrected chi connectivity index (χ3v) is 3.22. The van der Waals surface area contributed by atoms with Crippen molar-refractivity contribution in [2.75, 3.05) is 17.7 Å². The first-order valence-corrected chi connectivity index (χ1v) is 6.53. The Hall–Kier alpha value is -1.40. The summed E-state index contributed by atoms with van der Waals surface area (Å²) in [7, 11) is 0. The van der Waals surface area contributed by atoms with Gasteiger partial charge in [-0.1, -0.05) is 22.9 Å². The van der Waals surface area contributed by atoms with Crippen LogP contribution in [0.3, 0.4) is 0 Å². The number of nitrogens with one attached hydrogen (secondary N) is 1. The van der Waals surface area contributed by atoms with Crippen LogP contribution in [0.1, 0.15) is 13.3 Å². The number of anilines is 2. The first-order valence-electron chi connectivity index (χ1n) is 5.74. The van der Waals surface area contributed by atoms with E-state index in [1.165, 1.54) is 0 Å². The van der Waals surface area contributed by atoms with Gasteiger partial charge in [-0.15, -0.1) is 0 Å². The van der Waals surface area contributed by atoms with E-state index in [1.807, 2.05) is 25.1 Å². The number of benzene rings is 1. The second-order valence-corrected chi connectivity index (χ2v) is 4.94. The van der Waals surface area contributed by atoms with E-state index >= 15 is 0 Å². The molecule has 0 amide bonds. The van der Waals surface area contributed by atoms with E-state index in [0.717, 1.165) is 21.8 Å². The third-order valence-electron chi connectivity index (χ3n) is 2.73. The van der Waals surface area contributed by atoms with E-state index in [4.69, 9.17) is 5.73 Å². The van der Waals surface area contributed by atoms with Gasteiger partial charge in [0, 0.05) is 9.86 Å². The van der Waals surface area contributed by atoms with Crippen LogP contribution in [0.25, 0.3) is 10.9 Å². The smallest absolute Gasteiger partial charge is 0.222 e. The first kappa shape index (κ1) is 13.0. The van der Waals surface area contributed by atoms with Crippen molar-refractivity contribution in [3.63, 3.8) is 0 Å². The summed E-state index contributed by atoms with van der Waals surface area (Å²) in [6, 6.07) is 5.70. The number of halogens is 1. The summed E-state index contributed by atoms with van der Waals surface area (Å²) in [6.07, 6.45) is 0.804. The molecule has 0 aliphatic carbocycles. The Kier molecular flexibility index (Phi) is 3.98. The second-order valence-electron chi connectivity index (χ2n) is 4.02. The molecule has 5 nitrogen and oxygen atoms in total. The van der Waals surface area contributed by atoms with Crippen molar-refractivity contribution in [3.05, 3.63) is 22.7 Å². The van der Waals surface area contributed by atoms with Crippen LogP contribution in [0, 0.1) is 0 Å². The molecule has 0 aliphatic heterocycles. The van der Waals surface area contributed by atoms with Crippen molar-refractivity contribution in [1.29, 1.82) is 0 Å². The average Bonchev–Trinajstić information content (AvgIpc) is 2.34. The molecule has 4 N–H and O–H groups in total. The highest BCUT2D eigenvalue weighted by atomic mass is 79.9. The Balaban J connectivity index is 2.48. The SMILES string of the molecule is CCC(CO)Nc1nc(N)nc2cc(Br)ccc12. The van der Waals surface area contributed by atoms with Crippen molar-refractivity contribution in [3.8, 4) is 0 Å². The maximum atomic E-state index is 9.23. The first-order chi connectivity index (χ1) is 8.63. The molecule has 0 aliphatic rings. The Bertz CT molecular complexity index is 552. The Morgan fingerprint density at radius 2 is 2.22 bits per heavy atom. The Morgan fingerprint density at radius 1 is 1.44 bits per heavy atom. The van der Waals surface area contributed by atoms with Crippen molar-refractivity contribution < 1.29 is 5.11 Å². The predicted molar refractivity (Wildman–Crippen MR) is 76.4 cm³/mol. The molecule has 1 aromatic heterocycles. The van der Waals surface area contributed by atoms with Gasteiger partial charge in [0.2, 0.25) is 5.95 Å². The lowest BCUT2D eigenvalue weighted by molar-refractivity contribution is 0.271. The number of hydrogen-bond acceptors (Lipinski definition) is 5. The van der Waals surface area contributed by atoms with Gasteiger partial charge in [0.25, 0.3) is 0 Å². The van der Waals surface area contributed by atoms with Crippen molar-refractivity contribution in [2.45, 2.75) is 19.4 Å². The minimum atomic E-state index is -0.0360. The summed E-state index contributed by atoms with van der Waals surface area (Å²) < 4.78 is 0.938. The standard InChI is InChI=1S/C12H15BrN4O/c1-2-8(6-18)15-11-9-4-3-7(13)5-10(9)16-12(14)17-11/h3-5,8,18H,2,6H2,1H3,(H3,14,15,16,17). The minimum Gasteiger partial charge on any atom is -0.394 e. The van der Waals surface area contributed by atoms with Crippen LogP contribution in [-0.2, 0) is 0 Å². The maximum Gasteiger partial charge on any atom is 0.222 e. The molecular formula is C12H15BrN4O. The van der Waals surface area contributed by atoms with E-state index in [9.17, 15) is 5.11 Å². The highest BCUT2D eigenvalue weighted by molar-refractivity contribution is 9.10. The topological polar surface area (TPSA) is 84.1 Å². The summed E-state index contributed by atoms with van der Waals surface area (Å²) in [6.45, 7) is 2.05. The number of nitrogen functional groups attached to an aromatic ring is 1. The predicted octanol–water partition coefficient (Wildman–Crippen LogP) is 2.16. The molecule has 1 unspecified atom stereocenters. The zero-order valence-corrected chi connectivity index (χ0v) is 11.6. The summed E-state index contributed by atoms with van der Waals surface area (Å²) >= 11 is 3.40. The number of rotatable bonds is 4. The van der Waals surface area contributed by atoms with Gasteiger partial charge in [-0.3, -0.25) is 0 Å². The molecule has 18 heavy (non-hydrogen) atoms. The summed E-state index contributed by atoms with van der Waals surface area (Å²) in [5.74, 6) is 0.877. The van der Waals surface area contributed by atoms with Gasteiger partial charge in [-0.2, -0.15) is 4.98 Å². The molecule has 0 bridgehead atoms. The molecule has 96 valence electrons. The van der Waals surface area contributed by atoms with Gasteiger partial charge in [0.15, 0.2) is 0 Å². The van der Waals surface area contributed by atoms with E-state index < -0.39 is 0 Å². The Morgan fingerprint density at radius 3 is 2.89 bits per heavy atom. The molecule has 2 aromatic rings. The van der Waals surface area contributed by atoms with E-state index in [-0.39, 0.29) is 18.6 Å². The fraction of sp³-hybridized carbons (Fsp3) is 0.333. The highest BCUT2D eigenvalue weighted by Gasteiger charge is 2.10. The zero-order valence-electron chi connectivity index (χ0n) is 10.0. The fourth-order valence-electron chi connectivity index (χ4n) is 1.70. The lowest BCUT2D eigenvalue weighted by Crippen LogP contribution is -2.23. The van der Waals surface area contributed by atoms with Crippen LogP contribution < -0.4 is 11.1 Å². The van der Waals surface area contributed by atoms with Gasteiger partial charge in [-0.25, -0.2) is 4.98 Å². The van der Waals surface area contributed by atoms with Crippen LogP contribution in [0.5, 0.6) is 0 Å². The quantitative estimate of drug-likeness (QED) is 0.806. The molecule has 1 aromatic carbocycles. The number of fused-ring (bicyclic) bond motifs is 1. The van der Waals surface area contributed by atoms with Gasteiger partial charge < -0.3 is 16.2 Å². The van der Waals surface area contributed by atoms with Crippen LogP contribution in [-0.4, -0.2) is 27.7 Å². The van der Waals surface area contributed by atoms with Crippen LogP contribution in [0.2, 0.25) is 0 Å². The maximum absolute atomic E-state index is 9.23.